The summed E-state index contributed by atoms with van der Waals surface area (Å²) in [7, 11) is 0. The number of nitro groups is 1. The summed E-state index contributed by atoms with van der Waals surface area (Å²) in [5, 5.41) is 10.2. The van der Waals surface area contributed by atoms with Crippen LogP contribution < -0.4 is 5.73 Å². The van der Waals surface area contributed by atoms with E-state index >= 15 is 0 Å². The van der Waals surface area contributed by atoms with Crippen LogP contribution in [0.4, 0.5) is 15.8 Å². The fourth-order valence-corrected chi connectivity index (χ4v) is 0.851. The zero-order chi connectivity index (χ0) is 9.30. The number of nitrogen functional groups attached to an aromatic ring is 1. The van der Waals surface area contributed by atoms with Gasteiger partial charge in [-0.1, -0.05) is 0 Å². The highest BCUT2D eigenvalue weighted by Crippen LogP contribution is 2.23. The Labute approximate surface area is 68.0 Å². The lowest BCUT2D eigenvalue weighted by Crippen LogP contribution is -1.97. The topological polar surface area (TPSA) is 69.2 Å². The average molecular weight is 170 g/mol. The van der Waals surface area contributed by atoms with Crippen molar-refractivity contribution in [2.75, 3.05) is 5.73 Å². The molecule has 0 aliphatic carbocycles. The lowest BCUT2D eigenvalue weighted by Gasteiger charge is -1.99. The summed E-state index contributed by atoms with van der Waals surface area (Å²) in [5.74, 6) is -0.615. The highest BCUT2D eigenvalue weighted by atomic mass is 19.1. The number of halogens is 1. The van der Waals surface area contributed by atoms with Crippen molar-refractivity contribution in [1.29, 1.82) is 0 Å². The first-order valence-electron chi connectivity index (χ1n) is 3.22. The number of rotatable bonds is 1. The molecular weight excluding hydrogens is 163 g/mol. The Balaban J connectivity index is 3.33. The molecular formula is C7H7FN2O2. The van der Waals surface area contributed by atoms with E-state index in [1.807, 2.05) is 0 Å². The van der Waals surface area contributed by atoms with Crippen molar-refractivity contribution in [2.24, 2.45) is 0 Å². The number of nitrogens with two attached hydrogens (primary N) is 1. The predicted octanol–water partition coefficient (Wildman–Crippen LogP) is 1.62. The third kappa shape index (κ3) is 1.34. The van der Waals surface area contributed by atoms with Gasteiger partial charge >= 0.3 is 0 Å². The Bertz CT molecular complexity index is 338. The molecule has 0 spiro atoms. The molecule has 5 heteroatoms. The normalized spacial score (nSPS) is 9.83. The van der Waals surface area contributed by atoms with E-state index in [1.165, 1.54) is 13.0 Å². The molecule has 1 aromatic rings. The van der Waals surface area contributed by atoms with Crippen molar-refractivity contribution in [3.05, 3.63) is 33.6 Å². The van der Waals surface area contributed by atoms with Gasteiger partial charge in [0.25, 0.3) is 5.69 Å². The Hall–Kier alpha value is -1.65. The maximum Gasteiger partial charge on any atom is 0.295 e. The van der Waals surface area contributed by atoms with Crippen LogP contribution in [-0.4, -0.2) is 4.92 Å². The third-order valence-corrected chi connectivity index (χ3v) is 1.50. The minimum absolute atomic E-state index is 0.0149. The summed E-state index contributed by atoms with van der Waals surface area (Å²) in [4.78, 5) is 9.53. The minimum atomic E-state index is -0.710. The second kappa shape index (κ2) is 2.77. The maximum absolute atomic E-state index is 12.8. The Morgan fingerprint density at radius 2 is 2.17 bits per heavy atom. The summed E-state index contributed by atoms with van der Waals surface area (Å²) in [5.41, 5.74) is 5.18. The lowest BCUT2D eigenvalue weighted by atomic mass is 10.2. The van der Waals surface area contributed by atoms with Gasteiger partial charge in [-0.25, -0.2) is 4.39 Å². The Morgan fingerprint density at radius 1 is 1.58 bits per heavy atom. The number of nitro benzene ring substituents is 1. The van der Waals surface area contributed by atoms with E-state index in [9.17, 15) is 14.5 Å². The van der Waals surface area contributed by atoms with Gasteiger partial charge in [-0.3, -0.25) is 10.1 Å². The SMILES string of the molecule is Cc1cc(N)c([N+](=O)[O-])cc1F. The highest BCUT2D eigenvalue weighted by Gasteiger charge is 2.13. The van der Waals surface area contributed by atoms with Gasteiger partial charge in [-0.2, -0.15) is 0 Å². The number of benzene rings is 1. The van der Waals surface area contributed by atoms with E-state index < -0.39 is 16.4 Å². The van der Waals surface area contributed by atoms with Crippen LogP contribution in [0.15, 0.2) is 12.1 Å². The predicted molar refractivity (Wildman–Crippen MR) is 42.2 cm³/mol. The highest BCUT2D eigenvalue weighted by molar-refractivity contribution is 5.59. The average Bonchev–Trinajstić information content (AvgIpc) is 1.96. The molecule has 0 fully saturated rings. The molecule has 0 aliphatic rings. The van der Waals surface area contributed by atoms with Crippen LogP contribution in [0.2, 0.25) is 0 Å². The molecule has 64 valence electrons. The van der Waals surface area contributed by atoms with Crippen molar-refractivity contribution in [2.45, 2.75) is 6.92 Å². The molecule has 0 amide bonds. The van der Waals surface area contributed by atoms with Gasteiger partial charge in [-0.05, 0) is 18.6 Å². The first kappa shape index (κ1) is 8.45. The molecule has 0 heterocycles. The van der Waals surface area contributed by atoms with Crippen molar-refractivity contribution in [3.8, 4) is 0 Å². The second-order valence-electron chi connectivity index (χ2n) is 2.42. The van der Waals surface area contributed by atoms with Crippen molar-refractivity contribution in [3.63, 3.8) is 0 Å². The van der Waals surface area contributed by atoms with Crippen LogP contribution in [0.1, 0.15) is 5.56 Å². The van der Waals surface area contributed by atoms with Gasteiger partial charge in [0.1, 0.15) is 11.5 Å². The van der Waals surface area contributed by atoms with Gasteiger partial charge in [0.15, 0.2) is 0 Å². The number of nitrogens with zero attached hydrogens (tertiary/aromatic N) is 1. The summed E-state index contributed by atoms with van der Waals surface area (Å²) in [6.07, 6.45) is 0. The van der Waals surface area contributed by atoms with Crippen LogP contribution in [0, 0.1) is 22.9 Å². The van der Waals surface area contributed by atoms with Crippen LogP contribution >= 0.6 is 0 Å². The summed E-state index contributed by atoms with van der Waals surface area (Å²) in [6, 6.07) is 2.07. The fraction of sp³-hybridized carbons (Fsp3) is 0.143. The molecule has 2 N–H and O–H groups in total. The molecule has 1 aromatic carbocycles. The standard InChI is InChI=1S/C7H7FN2O2/c1-4-2-6(9)7(10(11)12)3-5(4)8/h2-3H,9H2,1H3. The summed E-state index contributed by atoms with van der Waals surface area (Å²) in [6.45, 7) is 1.50. The molecule has 0 saturated heterocycles. The van der Waals surface area contributed by atoms with Gasteiger partial charge < -0.3 is 5.73 Å². The molecule has 0 bridgehead atoms. The van der Waals surface area contributed by atoms with Crippen LogP contribution in [0.25, 0.3) is 0 Å². The molecule has 0 aromatic heterocycles. The molecule has 1 rings (SSSR count). The number of aryl methyl sites for hydroxylation is 1. The fourth-order valence-electron chi connectivity index (χ4n) is 0.851. The van der Waals surface area contributed by atoms with E-state index in [2.05, 4.69) is 0 Å². The van der Waals surface area contributed by atoms with Crippen molar-refractivity contribution < 1.29 is 9.31 Å². The first-order chi connectivity index (χ1) is 5.52. The van der Waals surface area contributed by atoms with Gasteiger partial charge in [0.05, 0.1) is 11.0 Å². The zero-order valence-electron chi connectivity index (χ0n) is 6.37. The third-order valence-electron chi connectivity index (χ3n) is 1.50. The van der Waals surface area contributed by atoms with Crippen LogP contribution in [0.3, 0.4) is 0 Å². The zero-order valence-corrected chi connectivity index (χ0v) is 6.37. The quantitative estimate of drug-likeness (QED) is 0.395. The van der Waals surface area contributed by atoms with E-state index in [4.69, 9.17) is 5.73 Å². The van der Waals surface area contributed by atoms with Crippen molar-refractivity contribution in [1.82, 2.24) is 0 Å². The summed E-state index contributed by atoms with van der Waals surface area (Å²) >= 11 is 0. The Kier molecular flexibility index (Phi) is 1.95. The van der Waals surface area contributed by atoms with E-state index in [1.54, 1.807) is 0 Å². The molecule has 0 saturated carbocycles. The van der Waals surface area contributed by atoms with E-state index in [0.717, 1.165) is 6.07 Å². The Morgan fingerprint density at radius 3 is 2.67 bits per heavy atom. The molecule has 0 aliphatic heterocycles. The summed E-state index contributed by atoms with van der Waals surface area (Å²) < 4.78 is 12.8. The molecule has 12 heavy (non-hydrogen) atoms. The number of hydrogen-bond acceptors (Lipinski definition) is 3. The number of anilines is 1. The molecule has 4 nitrogen and oxygen atoms in total. The maximum atomic E-state index is 12.8. The molecule has 0 radical (unpaired) electrons. The van der Waals surface area contributed by atoms with Crippen LogP contribution in [-0.2, 0) is 0 Å². The largest absolute Gasteiger partial charge is 0.393 e. The number of hydrogen-bond donors (Lipinski definition) is 1. The van der Waals surface area contributed by atoms with Crippen molar-refractivity contribution >= 4 is 11.4 Å². The van der Waals surface area contributed by atoms with E-state index in [-0.39, 0.29) is 5.69 Å². The molecule has 0 unspecified atom stereocenters. The monoisotopic (exact) mass is 170 g/mol. The van der Waals surface area contributed by atoms with Gasteiger partial charge in [0.2, 0.25) is 0 Å². The van der Waals surface area contributed by atoms with Crippen LogP contribution in [0.5, 0.6) is 0 Å². The minimum Gasteiger partial charge on any atom is -0.393 e. The van der Waals surface area contributed by atoms with Gasteiger partial charge in [0, 0.05) is 0 Å². The van der Waals surface area contributed by atoms with E-state index in [0.29, 0.717) is 5.56 Å². The van der Waals surface area contributed by atoms with Gasteiger partial charge in [-0.15, -0.1) is 0 Å². The first-order valence-corrected chi connectivity index (χ1v) is 3.22. The smallest absolute Gasteiger partial charge is 0.295 e. The molecule has 0 atom stereocenters. The second-order valence-corrected chi connectivity index (χ2v) is 2.42. The lowest BCUT2D eigenvalue weighted by molar-refractivity contribution is -0.384.